The lowest BCUT2D eigenvalue weighted by Crippen LogP contribution is -2.27. The molecule has 1 N–H and O–H groups in total. The zero-order valence-corrected chi connectivity index (χ0v) is 16.1. The standard InChI is InChI=1S/C16H15ClN2O2S3/c1-2-18-15(21)13(24-16(18)22)5-6-14-19(7-8-20)11-9-10(17)3-4-12(11)23-14/h3-6,9,20H,2,7-8H2,1H3/b13-5+,14-6-. The summed E-state index contributed by atoms with van der Waals surface area (Å²) in [5.74, 6) is -0.0541. The molecule has 2 heterocycles. The third kappa shape index (κ3) is 3.36. The lowest BCUT2D eigenvalue weighted by atomic mass is 10.3. The lowest BCUT2D eigenvalue weighted by molar-refractivity contribution is -0.122. The first kappa shape index (κ1) is 17.8. The molecule has 126 valence electrons. The molecule has 1 aromatic rings. The predicted molar refractivity (Wildman–Crippen MR) is 105 cm³/mol. The van der Waals surface area contributed by atoms with E-state index in [1.54, 1.807) is 22.7 Å². The van der Waals surface area contributed by atoms with Crippen LogP contribution in [0.2, 0.25) is 5.02 Å². The summed E-state index contributed by atoms with van der Waals surface area (Å²) in [5.41, 5.74) is 0.974. The molecule has 0 aliphatic carbocycles. The molecule has 1 fully saturated rings. The lowest BCUT2D eigenvalue weighted by Gasteiger charge is -2.18. The van der Waals surface area contributed by atoms with Crippen molar-refractivity contribution in [3.05, 3.63) is 45.3 Å². The molecule has 1 aromatic carbocycles. The van der Waals surface area contributed by atoms with Gasteiger partial charge in [-0.1, -0.05) is 47.3 Å². The van der Waals surface area contributed by atoms with E-state index in [1.165, 1.54) is 11.8 Å². The van der Waals surface area contributed by atoms with Gasteiger partial charge in [-0.2, -0.15) is 0 Å². The molecule has 0 atom stereocenters. The number of aliphatic hydroxyl groups excluding tert-OH is 1. The van der Waals surface area contributed by atoms with Crippen LogP contribution in [0.25, 0.3) is 0 Å². The smallest absolute Gasteiger partial charge is 0.266 e. The van der Waals surface area contributed by atoms with Gasteiger partial charge in [-0.3, -0.25) is 9.69 Å². The zero-order valence-electron chi connectivity index (χ0n) is 12.9. The number of benzene rings is 1. The van der Waals surface area contributed by atoms with Gasteiger partial charge in [0.2, 0.25) is 0 Å². The second-order valence-corrected chi connectivity index (χ2v) is 8.22. The van der Waals surface area contributed by atoms with Crippen LogP contribution in [0.3, 0.4) is 0 Å². The summed E-state index contributed by atoms with van der Waals surface area (Å²) in [6.07, 6.45) is 3.70. The first-order valence-electron chi connectivity index (χ1n) is 7.36. The summed E-state index contributed by atoms with van der Waals surface area (Å²) in [6.45, 7) is 2.98. The molecule has 1 saturated heterocycles. The van der Waals surface area contributed by atoms with Crippen LogP contribution < -0.4 is 4.90 Å². The van der Waals surface area contributed by atoms with Crippen molar-refractivity contribution in [2.45, 2.75) is 11.8 Å². The number of nitrogens with zero attached hydrogens (tertiary/aromatic N) is 2. The maximum Gasteiger partial charge on any atom is 0.266 e. The fourth-order valence-electron chi connectivity index (χ4n) is 2.46. The Balaban J connectivity index is 1.89. The number of carbonyl (C=O) groups excluding carboxylic acids is 1. The number of hydrogen-bond donors (Lipinski definition) is 1. The van der Waals surface area contributed by atoms with Gasteiger partial charge in [0, 0.05) is 23.0 Å². The zero-order chi connectivity index (χ0) is 17.3. The Bertz CT molecular complexity index is 764. The molecule has 0 radical (unpaired) electrons. The maximum atomic E-state index is 12.3. The summed E-state index contributed by atoms with van der Waals surface area (Å²) < 4.78 is 0.591. The molecule has 0 spiro atoms. The number of rotatable bonds is 4. The van der Waals surface area contributed by atoms with E-state index in [1.807, 2.05) is 36.1 Å². The number of β-amino-alcohol motifs (C(OH)–C–C–N with tert-alkyl or cyclic N) is 1. The minimum absolute atomic E-state index is 0.0296. The summed E-state index contributed by atoms with van der Waals surface area (Å²) in [5, 5.41) is 11.0. The molecular weight excluding hydrogens is 384 g/mol. The van der Waals surface area contributed by atoms with Crippen LogP contribution in [-0.2, 0) is 4.79 Å². The largest absolute Gasteiger partial charge is 0.395 e. The van der Waals surface area contributed by atoms with Crippen molar-refractivity contribution in [3.63, 3.8) is 0 Å². The Morgan fingerprint density at radius 3 is 2.75 bits per heavy atom. The van der Waals surface area contributed by atoms with Gasteiger partial charge < -0.3 is 10.0 Å². The van der Waals surface area contributed by atoms with Crippen LogP contribution in [0, 0.1) is 0 Å². The fourth-order valence-corrected chi connectivity index (χ4v) is 5.03. The number of carbonyl (C=O) groups is 1. The Hall–Kier alpha value is -0.990. The molecule has 8 heteroatoms. The quantitative estimate of drug-likeness (QED) is 0.613. The molecule has 3 rings (SSSR count). The van der Waals surface area contributed by atoms with E-state index in [-0.39, 0.29) is 12.5 Å². The van der Waals surface area contributed by atoms with Gasteiger partial charge >= 0.3 is 0 Å². The first-order valence-corrected chi connectivity index (χ1v) is 9.78. The second kappa shape index (κ2) is 7.49. The average molecular weight is 399 g/mol. The van der Waals surface area contributed by atoms with Crippen LogP contribution in [0.5, 0.6) is 0 Å². The Labute approximate surface area is 159 Å². The van der Waals surface area contributed by atoms with Gasteiger partial charge in [0.15, 0.2) is 0 Å². The number of amides is 1. The van der Waals surface area contributed by atoms with Crippen molar-refractivity contribution in [2.24, 2.45) is 0 Å². The Morgan fingerprint density at radius 2 is 2.08 bits per heavy atom. The van der Waals surface area contributed by atoms with E-state index in [0.717, 1.165) is 15.6 Å². The fraction of sp³-hybridized carbons (Fsp3) is 0.250. The van der Waals surface area contributed by atoms with Crippen molar-refractivity contribution >= 4 is 63.3 Å². The summed E-state index contributed by atoms with van der Waals surface area (Å²) in [7, 11) is 0. The molecular formula is C16H15ClN2O2S3. The van der Waals surface area contributed by atoms with Gasteiger partial charge in [-0.05, 0) is 37.3 Å². The molecule has 1 amide bonds. The molecule has 0 aromatic heterocycles. The highest BCUT2D eigenvalue weighted by Gasteiger charge is 2.30. The first-order chi connectivity index (χ1) is 11.5. The van der Waals surface area contributed by atoms with Crippen molar-refractivity contribution in [3.8, 4) is 0 Å². The van der Waals surface area contributed by atoms with Crippen LogP contribution in [0.4, 0.5) is 5.69 Å². The summed E-state index contributed by atoms with van der Waals surface area (Å²) in [4.78, 5) is 17.6. The molecule has 0 saturated carbocycles. The van der Waals surface area contributed by atoms with Crippen molar-refractivity contribution < 1.29 is 9.90 Å². The van der Waals surface area contributed by atoms with E-state index >= 15 is 0 Å². The molecule has 24 heavy (non-hydrogen) atoms. The third-order valence-corrected chi connectivity index (χ3v) is 6.34. The number of thiocarbonyl (C=S) groups is 1. The number of anilines is 1. The van der Waals surface area contributed by atoms with Crippen molar-refractivity contribution in [1.29, 1.82) is 0 Å². The number of halogens is 1. The molecule has 4 nitrogen and oxygen atoms in total. The van der Waals surface area contributed by atoms with E-state index < -0.39 is 0 Å². The minimum Gasteiger partial charge on any atom is -0.395 e. The van der Waals surface area contributed by atoms with E-state index in [9.17, 15) is 9.90 Å². The number of thioether (sulfide) groups is 2. The summed E-state index contributed by atoms with van der Waals surface area (Å²) in [6, 6.07) is 5.70. The Kier molecular flexibility index (Phi) is 5.56. The SMILES string of the molecule is CCN1C(=O)/C(=C\C=C2/Sc3ccc(Cl)cc3N2CCO)SC1=S. The van der Waals surface area contributed by atoms with Crippen LogP contribution in [0.15, 0.2) is 45.2 Å². The van der Waals surface area contributed by atoms with Crippen molar-refractivity contribution in [1.82, 2.24) is 4.90 Å². The number of likely N-dealkylation sites (N-methyl/N-ethyl adjacent to an activating group) is 1. The highest BCUT2D eigenvalue weighted by Crippen LogP contribution is 2.47. The maximum absolute atomic E-state index is 12.3. The van der Waals surface area contributed by atoms with Crippen molar-refractivity contribution in [2.75, 3.05) is 24.6 Å². The highest BCUT2D eigenvalue weighted by atomic mass is 35.5. The molecule has 0 bridgehead atoms. The van der Waals surface area contributed by atoms with Gasteiger partial charge in [0.25, 0.3) is 5.91 Å². The van der Waals surface area contributed by atoms with Gasteiger partial charge in [-0.15, -0.1) is 0 Å². The van der Waals surface area contributed by atoms with Gasteiger partial charge in [-0.25, -0.2) is 0 Å². The van der Waals surface area contributed by atoms with Crippen LogP contribution in [-0.4, -0.2) is 39.9 Å². The molecule has 2 aliphatic rings. The van der Waals surface area contributed by atoms with Gasteiger partial charge in [0.1, 0.15) is 4.32 Å². The Morgan fingerprint density at radius 1 is 1.29 bits per heavy atom. The monoisotopic (exact) mass is 398 g/mol. The molecule has 2 aliphatic heterocycles. The number of hydrogen-bond acceptors (Lipinski definition) is 6. The highest BCUT2D eigenvalue weighted by molar-refractivity contribution is 8.26. The van der Waals surface area contributed by atoms with Gasteiger partial charge in [0.05, 0.1) is 22.2 Å². The van der Waals surface area contributed by atoms with Crippen LogP contribution in [0.1, 0.15) is 6.92 Å². The predicted octanol–water partition coefficient (Wildman–Crippen LogP) is 3.85. The minimum atomic E-state index is -0.0541. The second-order valence-electron chi connectivity index (χ2n) is 5.04. The van der Waals surface area contributed by atoms with Crippen LogP contribution >= 0.6 is 47.3 Å². The molecule has 0 unspecified atom stereocenters. The third-order valence-electron chi connectivity index (χ3n) is 3.58. The topological polar surface area (TPSA) is 43.8 Å². The number of fused-ring (bicyclic) bond motifs is 1. The summed E-state index contributed by atoms with van der Waals surface area (Å²) >= 11 is 14.2. The van der Waals surface area contributed by atoms with E-state index in [2.05, 4.69) is 0 Å². The average Bonchev–Trinajstić information content (AvgIpc) is 3.03. The van der Waals surface area contributed by atoms with E-state index in [4.69, 9.17) is 23.8 Å². The number of allylic oxidation sites excluding steroid dienone is 2. The normalized spacial score (nSPS) is 20.6. The number of aliphatic hydroxyl groups is 1. The van der Waals surface area contributed by atoms with E-state index in [0.29, 0.717) is 27.3 Å².